The lowest BCUT2D eigenvalue weighted by Crippen LogP contribution is -2.38. The van der Waals surface area contributed by atoms with Crippen molar-refractivity contribution in [3.8, 4) is 0 Å². The van der Waals surface area contributed by atoms with Crippen LogP contribution in [0.2, 0.25) is 0 Å². The molecule has 2 rings (SSSR count). The van der Waals surface area contributed by atoms with Crippen molar-refractivity contribution in [2.75, 3.05) is 20.1 Å². The summed E-state index contributed by atoms with van der Waals surface area (Å²) < 4.78 is 0. The van der Waals surface area contributed by atoms with Crippen molar-refractivity contribution in [3.05, 3.63) is 46.5 Å². The van der Waals surface area contributed by atoms with Gasteiger partial charge in [0.15, 0.2) is 0 Å². The fourth-order valence-electron chi connectivity index (χ4n) is 2.11. The molecule has 0 saturated carbocycles. The molecule has 3 nitrogen and oxygen atoms in total. The second-order valence-electron chi connectivity index (χ2n) is 4.98. The molecule has 18 heavy (non-hydrogen) atoms. The van der Waals surface area contributed by atoms with Gasteiger partial charge in [-0.25, -0.2) is 0 Å². The molecule has 1 aromatic carbocycles. The van der Waals surface area contributed by atoms with Crippen LogP contribution >= 0.6 is 0 Å². The number of hydrogen-bond donors (Lipinski definition) is 1. The maximum absolute atomic E-state index is 12.2. The van der Waals surface area contributed by atoms with Crippen molar-refractivity contribution in [3.63, 3.8) is 0 Å². The van der Waals surface area contributed by atoms with Gasteiger partial charge in [-0.2, -0.15) is 0 Å². The number of carbonyl (C=O) groups excluding carboxylic acids is 1. The fraction of sp³-hybridized carbons (Fsp3) is 0.400. The molecule has 96 valence electrons. The van der Waals surface area contributed by atoms with Gasteiger partial charge in [0.1, 0.15) is 0 Å². The van der Waals surface area contributed by atoms with Gasteiger partial charge < -0.3 is 10.2 Å². The zero-order chi connectivity index (χ0) is 13.1. The number of rotatable bonds is 3. The largest absolute Gasteiger partial charge is 0.338 e. The Balaban J connectivity index is 2.03. The van der Waals surface area contributed by atoms with Crippen LogP contribution in [-0.2, 0) is 11.3 Å². The van der Waals surface area contributed by atoms with Crippen LogP contribution in [0, 0.1) is 6.92 Å². The molecule has 1 heterocycles. The number of carbonyl (C=O) groups is 1. The molecule has 3 heteroatoms. The van der Waals surface area contributed by atoms with Crippen molar-refractivity contribution in [1.82, 2.24) is 10.2 Å². The number of benzene rings is 1. The van der Waals surface area contributed by atoms with Crippen LogP contribution in [0.25, 0.3) is 0 Å². The molecule has 0 aliphatic carbocycles. The number of hydrogen-bond acceptors (Lipinski definition) is 2. The van der Waals surface area contributed by atoms with E-state index < -0.39 is 0 Å². The average molecular weight is 244 g/mol. The van der Waals surface area contributed by atoms with Crippen molar-refractivity contribution < 1.29 is 4.79 Å². The summed E-state index contributed by atoms with van der Waals surface area (Å²) in [5.74, 6) is 0.132. The lowest BCUT2D eigenvalue weighted by Gasteiger charge is -2.24. The molecular weight excluding hydrogens is 224 g/mol. The third kappa shape index (κ3) is 2.79. The molecule has 0 aromatic heterocycles. The summed E-state index contributed by atoms with van der Waals surface area (Å²) in [5.41, 5.74) is 4.53. The van der Waals surface area contributed by atoms with Gasteiger partial charge in [-0.05, 0) is 25.0 Å². The number of aryl methyl sites for hydroxylation is 1. The lowest BCUT2D eigenvalue weighted by molar-refractivity contribution is -0.126. The van der Waals surface area contributed by atoms with E-state index in [1.807, 2.05) is 20.0 Å². The smallest absolute Gasteiger partial charge is 0.249 e. The van der Waals surface area contributed by atoms with Gasteiger partial charge in [0.2, 0.25) is 5.91 Å². The lowest BCUT2D eigenvalue weighted by atomic mass is 10.0. The SMILES string of the molecule is CC(C(=O)N(C)Cc1cccc(C)c1)=C1CNC1. The van der Waals surface area contributed by atoms with E-state index in [0.29, 0.717) is 6.54 Å². The van der Waals surface area contributed by atoms with Gasteiger partial charge in [0, 0.05) is 32.3 Å². The second-order valence-corrected chi connectivity index (χ2v) is 4.98. The van der Waals surface area contributed by atoms with Crippen LogP contribution in [0.4, 0.5) is 0 Å². The van der Waals surface area contributed by atoms with Crippen molar-refractivity contribution in [2.24, 2.45) is 0 Å². The van der Waals surface area contributed by atoms with Gasteiger partial charge in [-0.3, -0.25) is 4.79 Å². The summed E-state index contributed by atoms with van der Waals surface area (Å²) in [5, 5.41) is 3.16. The van der Waals surface area contributed by atoms with Crippen molar-refractivity contribution in [2.45, 2.75) is 20.4 Å². The Kier molecular flexibility index (Phi) is 3.82. The molecule has 1 amide bonds. The van der Waals surface area contributed by atoms with E-state index in [0.717, 1.165) is 18.7 Å². The highest BCUT2D eigenvalue weighted by Crippen LogP contribution is 2.13. The van der Waals surface area contributed by atoms with E-state index >= 15 is 0 Å². The Morgan fingerprint density at radius 3 is 2.67 bits per heavy atom. The molecular formula is C15H20N2O. The quantitative estimate of drug-likeness (QED) is 0.823. The number of nitrogens with one attached hydrogen (secondary N) is 1. The van der Waals surface area contributed by atoms with Gasteiger partial charge in [0.25, 0.3) is 0 Å². The van der Waals surface area contributed by atoms with Gasteiger partial charge >= 0.3 is 0 Å². The summed E-state index contributed by atoms with van der Waals surface area (Å²) in [6, 6.07) is 8.28. The zero-order valence-corrected chi connectivity index (χ0v) is 11.3. The van der Waals surface area contributed by atoms with E-state index in [1.54, 1.807) is 4.90 Å². The first-order valence-corrected chi connectivity index (χ1v) is 6.28. The maximum Gasteiger partial charge on any atom is 0.249 e. The van der Waals surface area contributed by atoms with E-state index in [1.165, 1.54) is 16.7 Å². The second kappa shape index (κ2) is 5.36. The summed E-state index contributed by atoms with van der Waals surface area (Å²) >= 11 is 0. The Hall–Kier alpha value is -1.61. The molecule has 0 spiro atoms. The highest BCUT2D eigenvalue weighted by molar-refractivity contribution is 5.93. The number of nitrogens with zero attached hydrogens (tertiary/aromatic N) is 1. The predicted molar refractivity (Wildman–Crippen MR) is 73.2 cm³/mol. The molecule has 1 aliphatic heterocycles. The summed E-state index contributed by atoms with van der Waals surface area (Å²) in [6.07, 6.45) is 0. The molecule has 1 saturated heterocycles. The first kappa shape index (κ1) is 12.8. The van der Waals surface area contributed by atoms with Crippen LogP contribution in [0.15, 0.2) is 35.4 Å². The minimum absolute atomic E-state index is 0.132. The van der Waals surface area contributed by atoms with Crippen LogP contribution in [0.3, 0.4) is 0 Å². The summed E-state index contributed by atoms with van der Waals surface area (Å²) in [4.78, 5) is 14.0. The first-order valence-electron chi connectivity index (χ1n) is 6.28. The van der Waals surface area contributed by atoms with Gasteiger partial charge in [-0.15, -0.1) is 0 Å². The number of amides is 1. The van der Waals surface area contributed by atoms with Crippen LogP contribution in [0.1, 0.15) is 18.1 Å². The fourth-order valence-corrected chi connectivity index (χ4v) is 2.11. The van der Waals surface area contributed by atoms with Crippen LogP contribution in [0.5, 0.6) is 0 Å². The summed E-state index contributed by atoms with van der Waals surface area (Å²) in [7, 11) is 1.86. The molecule has 1 aromatic rings. The normalized spacial score (nSPS) is 14.1. The summed E-state index contributed by atoms with van der Waals surface area (Å²) in [6.45, 7) is 6.37. The maximum atomic E-state index is 12.2. The Morgan fingerprint density at radius 1 is 1.39 bits per heavy atom. The van der Waals surface area contributed by atoms with E-state index in [9.17, 15) is 4.79 Å². The Bertz CT molecular complexity index is 485. The third-order valence-corrected chi connectivity index (χ3v) is 3.38. The third-order valence-electron chi connectivity index (χ3n) is 3.38. The highest BCUT2D eigenvalue weighted by Gasteiger charge is 2.18. The average Bonchev–Trinajstić information content (AvgIpc) is 2.25. The zero-order valence-electron chi connectivity index (χ0n) is 11.3. The standard InChI is InChI=1S/C15H20N2O/c1-11-5-4-6-13(7-11)10-17(3)15(18)12(2)14-8-16-9-14/h4-7,16H,8-10H2,1-3H3. The highest BCUT2D eigenvalue weighted by atomic mass is 16.2. The predicted octanol–water partition coefficient (Wildman–Crippen LogP) is 1.87. The van der Waals surface area contributed by atoms with Gasteiger partial charge in [-0.1, -0.05) is 29.8 Å². The van der Waals surface area contributed by atoms with Crippen LogP contribution in [-0.4, -0.2) is 30.9 Å². The monoisotopic (exact) mass is 244 g/mol. The minimum Gasteiger partial charge on any atom is -0.338 e. The van der Waals surface area contributed by atoms with Crippen molar-refractivity contribution in [1.29, 1.82) is 0 Å². The van der Waals surface area contributed by atoms with Crippen molar-refractivity contribution >= 4 is 5.91 Å². The van der Waals surface area contributed by atoms with E-state index in [-0.39, 0.29) is 5.91 Å². The van der Waals surface area contributed by atoms with Crippen LogP contribution < -0.4 is 5.32 Å². The Morgan fingerprint density at radius 2 is 2.11 bits per heavy atom. The molecule has 1 aliphatic rings. The van der Waals surface area contributed by atoms with E-state index in [2.05, 4.69) is 30.4 Å². The molecule has 0 radical (unpaired) electrons. The molecule has 1 fully saturated rings. The van der Waals surface area contributed by atoms with E-state index in [4.69, 9.17) is 0 Å². The molecule has 1 N–H and O–H groups in total. The molecule has 0 bridgehead atoms. The topological polar surface area (TPSA) is 32.3 Å². The minimum atomic E-state index is 0.132. The first-order chi connectivity index (χ1) is 8.58. The number of likely N-dealkylation sites (N-methyl/N-ethyl adjacent to an activating group) is 1. The van der Waals surface area contributed by atoms with Gasteiger partial charge in [0.05, 0.1) is 0 Å². The Labute approximate surface area is 108 Å². The molecule has 0 atom stereocenters. The molecule has 0 unspecified atom stereocenters.